The number of hydrogen-bond acceptors (Lipinski definition) is 10. The summed E-state index contributed by atoms with van der Waals surface area (Å²) in [6, 6.07) is 21.9. The number of piperidine rings is 1. The summed E-state index contributed by atoms with van der Waals surface area (Å²) in [7, 11) is 3.42. The van der Waals surface area contributed by atoms with Crippen molar-refractivity contribution in [2.45, 2.75) is 83.3 Å². The Bertz CT molecular complexity index is 1560. The number of benzene rings is 3. The third-order valence-electron chi connectivity index (χ3n) is 10.1. The summed E-state index contributed by atoms with van der Waals surface area (Å²) in [6.07, 6.45) is 1.04. The zero-order valence-electron chi connectivity index (χ0n) is 31.9. The van der Waals surface area contributed by atoms with E-state index in [1.165, 1.54) is 11.3 Å². The molecule has 4 atom stereocenters. The lowest BCUT2D eigenvalue weighted by Gasteiger charge is -2.39. The molecule has 0 spiro atoms. The van der Waals surface area contributed by atoms with E-state index in [0.717, 1.165) is 60.7 Å². The molecule has 3 N–H and O–H groups in total. The van der Waals surface area contributed by atoms with Crippen molar-refractivity contribution in [3.8, 4) is 11.5 Å². The number of nitrogens with two attached hydrogens (primary N) is 1. The standard InChI is InChI=1S/C42H59N3O7/c1-29(2)40(43)41(46)52-38-25-44-24-37(51-26-30-13-18-34-35(23-30)45(19-9-20-47-5)28-42(34,3)4)39(38)31-14-16-33(17-15-31)50-22-10-21-49-27-32-11-7-8-12-36(32)48-6/h7-8,11-18,23,29,37-40,44H,9-10,19-22,24-28,43H2,1-6H3/t37-,38+,39?,40-/m0/s1. The molecule has 0 amide bonds. The largest absolute Gasteiger partial charge is 0.496 e. The van der Waals surface area contributed by atoms with Gasteiger partial charge in [-0.25, -0.2) is 0 Å². The van der Waals surface area contributed by atoms with Crippen molar-refractivity contribution in [2.24, 2.45) is 11.7 Å². The monoisotopic (exact) mass is 717 g/mol. The molecule has 0 aliphatic carbocycles. The van der Waals surface area contributed by atoms with Crippen LogP contribution in [0.1, 0.15) is 68.7 Å². The molecular weight excluding hydrogens is 658 g/mol. The molecule has 284 valence electrons. The Hall–Kier alpha value is -3.67. The van der Waals surface area contributed by atoms with Gasteiger partial charge in [0.25, 0.3) is 0 Å². The number of fused-ring (bicyclic) bond motifs is 1. The Morgan fingerprint density at radius 3 is 2.46 bits per heavy atom. The molecule has 1 fully saturated rings. The summed E-state index contributed by atoms with van der Waals surface area (Å²) in [4.78, 5) is 15.6. The van der Waals surface area contributed by atoms with E-state index in [1.54, 1.807) is 14.2 Å². The Kier molecular flexibility index (Phi) is 14.4. The molecule has 0 saturated carbocycles. The average Bonchev–Trinajstić information content (AvgIpc) is 3.40. The zero-order valence-corrected chi connectivity index (χ0v) is 31.9. The van der Waals surface area contributed by atoms with Gasteiger partial charge in [-0.1, -0.05) is 70.2 Å². The topological polar surface area (TPSA) is 114 Å². The lowest BCUT2D eigenvalue weighted by molar-refractivity contribution is -0.157. The third kappa shape index (κ3) is 10.3. The number of methoxy groups -OCH3 is 2. The minimum atomic E-state index is -0.695. The number of para-hydroxylation sites is 1. The fraction of sp³-hybridized carbons (Fsp3) is 0.548. The second-order valence-corrected chi connectivity index (χ2v) is 14.9. The molecule has 0 radical (unpaired) electrons. The van der Waals surface area contributed by atoms with Gasteiger partial charge in [0.05, 0.1) is 39.6 Å². The zero-order chi connectivity index (χ0) is 37.1. The lowest BCUT2D eigenvalue weighted by Crippen LogP contribution is -2.52. The van der Waals surface area contributed by atoms with Crippen molar-refractivity contribution in [1.29, 1.82) is 0 Å². The van der Waals surface area contributed by atoms with Crippen molar-refractivity contribution in [1.82, 2.24) is 5.32 Å². The summed E-state index contributed by atoms with van der Waals surface area (Å²) < 4.78 is 35.5. The molecular formula is C42H59N3O7. The second-order valence-electron chi connectivity index (χ2n) is 14.9. The first-order valence-corrected chi connectivity index (χ1v) is 18.7. The lowest BCUT2D eigenvalue weighted by atomic mass is 9.85. The highest BCUT2D eigenvalue weighted by molar-refractivity contribution is 5.76. The van der Waals surface area contributed by atoms with Gasteiger partial charge in [-0.3, -0.25) is 4.79 Å². The van der Waals surface area contributed by atoms with E-state index in [2.05, 4.69) is 54.4 Å². The van der Waals surface area contributed by atoms with Crippen LogP contribution in [-0.2, 0) is 42.4 Å². The van der Waals surface area contributed by atoms with Gasteiger partial charge in [0, 0.05) is 68.9 Å². The van der Waals surface area contributed by atoms with Crippen LogP contribution in [-0.4, -0.2) is 84.4 Å². The second kappa shape index (κ2) is 18.9. The van der Waals surface area contributed by atoms with E-state index in [9.17, 15) is 4.79 Å². The summed E-state index contributed by atoms with van der Waals surface area (Å²) in [6.45, 7) is 14.3. The molecule has 2 aliphatic rings. The molecule has 2 heterocycles. The van der Waals surface area contributed by atoms with Crippen molar-refractivity contribution < 1.29 is 33.2 Å². The Morgan fingerprint density at radius 1 is 0.942 bits per heavy atom. The van der Waals surface area contributed by atoms with Gasteiger partial charge < -0.3 is 44.4 Å². The first kappa shape index (κ1) is 39.5. The van der Waals surface area contributed by atoms with Gasteiger partial charge in [0.1, 0.15) is 23.6 Å². The smallest absolute Gasteiger partial charge is 0.323 e. The van der Waals surface area contributed by atoms with Crippen LogP contribution >= 0.6 is 0 Å². The Balaban J connectivity index is 1.23. The van der Waals surface area contributed by atoms with Crippen molar-refractivity contribution >= 4 is 11.7 Å². The molecule has 1 saturated heterocycles. The molecule has 0 aromatic heterocycles. The Morgan fingerprint density at radius 2 is 1.71 bits per heavy atom. The number of hydrogen-bond donors (Lipinski definition) is 2. The van der Waals surface area contributed by atoms with E-state index >= 15 is 0 Å². The maximum atomic E-state index is 13.1. The highest BCUT2D eigenvalue weighted by Crippen LogP contribution is 2.41. The van der Waals surface area contributed by atoms with Gasteiger partial charge in [0.15, 0.2) is 0 Å². The van der Waals surface area contributed by atoms with Crippen LogP contribution in [0.4, 0.5) is 5.69 Å². The summed E-state index contributed by atoms with van der Waals surface area (Å²) in [5.41, 5.74) is 12.1. The van der Waals surface area contributed by atoms with Crippen LogP contribution in [0.5, 0.6) is 11.5 Å². The van der Waals surface area contributed by atoms with Crippen LogP contribution < -0.4 is 25.4 Å². The van der Waals surface area contributed by atoms with Gasteiger partial charge in [-0.05, 0) is 53.3 Å². The molecule has 2 aliphatic heterocycles. The fourth-order valence-electron chi connectivity index (χ4n) is 7.16. The molecule has 0 bridgehead atoms. The third-order valence-corrected chi connectivity index (χ3v) is 10.1. The van der Waals surface area contributed by atoms with E-state index < -0.39 is 18.1 Å². The van der Waals surface area contributed by atoms with E-state index in [-0.39, 0.29) is 23.4 Å². The average molecular weight is 718 g/mol. The van der Waals surface area contributed by atoms with Gasteiger partial charge in [0.2, 0.25) is 0 Å². The predicted octanol–water partition coefficient (Wildman–Crippen LogP) is 5.98. The van der Waals surface area contributed by atoms with Crippen LogP contribution in [0.15, 0.2) is 66.7 Å². The van der Waals surface area contributed by atoms with E-state index in [0.29, 0.717) is 39.5 Å². The van der Waals surface area contributed by atoms with E-state index in [1.807, 2.05) is 50.2 Å². The highest BCUT2D eigenvalue weighted by Gasteiger charge is 2.39. The summed E-state index contributed by atoms with van der Waals surface area (Å²) in [5.74, 6) is 0.979. The van der Waals surface area contributed by atoms with E-state index in [4.69, 9.17) is 34.2 Å². The minimum absolute atomic E-state index is 0.0311. The maximum absolute atomic E-state index is 13.1. The molecule has 10 nitrogen and oxygen atoms in total. The number of carbonyl (C=O) groups is 1. The first-order valence-electron chi connectivity index (χ1n) is 18.7. The molecule has 52 heavy (non-hydrogen) atoms. The van der Waals surface area contributed by atoms with Crippen LogP contribution in [0, 0.1) is 5.92 Å². The predicted molar refractivity (Wildman–Crippen MR) is 204 cm³/mol. The first-order chi connectivity index (χ1) is 25.1. The maximum Gasteiger partial charge on any atom is 0.323 e. The molecule has 5 rings (SSSR count). The van der Waals surface area contributed by atoms with Crippen molar-refractivity contribution in [3.63, 3.8) is 0 Å². The number of ether oxygens (including phenoxy) is 6. The molecule has 10 heteroatoms. The van der Waals surface area contributed by atoms with Gasteiger partial charge in [-0.15, -0.1) is 0 Å². The number of carbonyl (C=O) groups excluding carboxylic acids is 1. The van der Waals surface area contributed by atoms with Crippen LogP contribution in [0.3, 0.4) is 0 Å². The SMILES string of the molecule is COCCCN1CC(C)(C)c2ccc(CO[C@H]3CNC[C@@H](OC(=O)[C@@H](N)C(C)C)C3c3ccc(OCCCOCc4ccccc4OC)cc3)cc21. The highest BCUT2D eigenvalue weighted by atomic mass is 16.6. The van der Waals surface area contributed by atoms with Crippen LogP contribution in [0.2, 0.25) is 0 Å². The minimum Gasteiger partial charge on any atom is -0.496 e. The quantitative estimate of drug-likeness (QED) is 0.113. The number of rotatable bonds is 19. The normalized spacial score (nSPS) is 20.1. The van der Waals surface area contributed by atoms with Gasteiger partial charge >= 0.3 is 5.97 Å². The Labute approximate surface area is 310 Å². The summed E-state index contributed by atoms with van der Waals surface area (Å²) >= 11 is 0. The number of anilines is 1. The number of esters is 1. The van der Waals surface area contributed by atoms with Crippen LogP contribution in [0.25, 0.3) is 0 Å². The van der Waals surface area contributed by atoms with Crippen molar-refractivity contribution in [3.05, 3.63) is 89.0 Å². The molecule has 3 aromatic carbocycles. The van der Waals surface area contributed by atoms with Gasteiger partial charge in [-0.2, -0.15) is 0 Å². The molecule has 3 aromatic rings. The molecule has 1 unspecified atom stereocenters. The fourth-order valence-corrected chi connectivity index (χ4v) is 7.16. The van der Waals surface area contributed by atoms with Crippen molar-refractivity contribution in [2.75, 3.05) is 65.1 Å². The number of nitrogens with zero attached hydrogens (tertiary/aromatic N) is 1. The summed E-state index contributed by atoms with van der Waals surface area (Å²) in [5, 5.41) is 3.45. The number of nitrogens with one attached hydrogen (secondary N) is 1.